The van der Waals surface area contributed by atoms with E-state index in [1.54, 1.807) is 7.11 Å². The molecule has 0 aliphatic heterocycles. The van der Waals surface area contributed by atoms with Crippen molar-refractivity contribution in [3.8, 4) is 5.88 Å². The average Bonchev–Trinajstić information content (AvgIpc) is 3.23. The first kappa shape index (κ1) is 14.8. The van der Waals surface area contributed by atoms with Crippen molar-refractivity contribution in [1.82, 2.24) is 9.97 Å². The van der Waals surface area contributed by atoms with Crippen LogP contribution in [0.4, 0.5) is 11.5 Å². The maximum absolute atomic E-state index is 6.09. The fourth-order valence-electron chi connectivity index (χ4n) is 1.75. The largest absolute Gasteiger partial charge is 0.476 e. The van der Waals surface area contributed by atoms with Gasteiger partial charge in [0, 0.05) is 19.6 Å². The number of nitrogen functional groups attached to an aromatic ring is 1. The molecular weight excluding hydrogens is 256 g/mol. The topological polar surface area (TPSA) is 82.3 Å². The first-order chi connectivity index (χ1) is 9.61. The predicted octanol–water partition coefficient (Wildman–Crippen LogP) is 2.03. The van der Waals surface area contributed by atoms with E-state index >= 15 is 0 Å². The lowest BCUT2D eigenvalue weighted by atomic mass is 10.2. The second kappa shape index (κ2) is 6.74. The zero-order valence-electron chi connectivity index (χ0n) is 12.5. The van der Waals surface area contributed by atoms with Crippen LogP contribution >= 0.6 is 0 Å². The van der Waals surface area contributed by atoms with Gasteiger partial charge in [-0.2, -0.15) is 4.98 Å². The second-order valence-corrected chi connectivity index (χ2v) is 5.55. The van der Waals surface area contributed by atoms with E-state index in [1.807, 2.05) is 0 Å². The Labute approximate surface area is 120 Å². The van der Waals surface area contributed by atoms with Gasteiger partial charge in [0.05, 0.1) is 13.2 Å². The van der Waals surface area contributed by atoms with Gasteiger partial charge in [0.1, 0.15) is 11.5 Å². The highest BCUT2D eigenvalue weighted by molar-refractivity contribution is 5.67. The van der Waals surface area contributed by atoms with Crippen molar-refractivity contribution in [2.45, 2.75) is 32.6 Å². The van der Waals surface area contributed by atoms with E-state index in [0.29, 0.717) is 49.0 Å². The number of aromatic nitrogens is 2. The summed E-state index contributed by atoms with van der Waals surface area (Å²) >= 11 is 0. The molecule has 0 amide bonds. The van der Waals surface area contributed by atoms with Crippen LogP contribution in [0, 0.1) is 5.92 Å². The molecule has 20 heavy (non-hydrogen) atoms. The lowest BCUT2D eigenvalue weighted by molar-refractivity contribution is 0.210. The molecule has 1 aromatic rings. The van der Waals surface area contributed by atoms with Crippen LogP contribution in [-0.4, -0.2) is 36.8 Å². The number of nitrogens with two attached hydrogens (primary N) is 1. The SMILES string of the molecule is COCCNc1nc(C2CC2)nc(OCC(C)C)c1N. The molecule has 0 bridgehead atoms. The monoisotopic (exact) mass is 280 g/mol. The average molecular weight is 280 g/mol. The minimum Gasteiger partial charge on any atom is -0.476 e. The Balaban J connectivity index is 2.15. The molecule has 1 aliphatic carbocycles. The zero-order valence-corrected chi connectivity index (χ0v) is 12.5. The number of anilines is 2. The van der Waals surface area contributed by atoms with Crippen molar-refractivity contribution < 1.29 is 9.47 Å². The van der Waals surface area contributed by atoms with Gasteiger partial charge in [0.15, 0.2) is 5.82 Å². The van der Waals surface area contributed by atoms with Gasteiger partial charge in [-0.25, -0.2) is 4.98 Å². The van der Waals surface area contributed by atoms with Gasteiger partial charge in [-0.1, -0.05) is 13.8 Å². The van der Waals surface area contributed by atoms with E-state index in [4.69, 9.17) is 15.2 Å². The van der Waals surface area contributed by atoms with Crippen LogP contribution < -0.4 is 15.8 Å². The van der Waals surface area contributed by atoms with Gasteiger partial charge in [0.25, 0.3) is 0 Å². The molecule has 0 saturated heterocycles. The van der Waals surface area contributed by atoms with Crippen molar-refractivity contribution >= 4 is 11.5 Å². The summed E-state index contributed by atoms with van der Waals surface area (Å²) in [6, 6.07) is 0. The van der Waals surface area contributed by atoms with E-state index in [9.17, 15) is 0 Å². The van der Waals surface area contributed by atoms with Crippen LogP contribution in [0.15, 0.2) is 0 Å². The number of ether oxygens (including phenoxy) is 2. The minimum absolute atomic E-state index is 0.429. The summed E-state index contributed by atoms with van der Waals surface area (Å²) in [6.07, 6.45) is 2.29. The molecule has 1 heterocycles. The molecule has 0 radical (unpaired) electrons. The van der Waals surface area contributed by atoms with Gasteiger partial charge >= 0.3 is 0 Å². The molecule has 6 nitrogen and oxygen atoms in total. The van der Waals surface area contributed by atoms with Crippen LogP contribution in [0.5, 0.6) is 5.88 Å². The van der Waals surface area contributed by atoms with Crippen LogP contribution in [-0.2, 0) is 4.74 Å². The molecule has 0 spiro atoms. The molecule has 0 aromatic carbocycles. The molecule has 0 unspecified atom stereocenters. The Hall–Kier alpha value is -1.56. The van der Waals surface area contributed by atoms with Crippen molar-refractivity contribution in [1.29, 1.82) is 0 Å². The molecule has 3 N–H and O–H groups in total. The number of rotatable bonds is 8. The Morgan fingerprint density at radius 1 is 1.35 bits per heavy atom. The summed E-state index contributed by atoms with van der Waals surface area (Å²) in [5, 5.41) is 3.18. The van der Waals surface area contributed by atoms with Crippen LogP contribution in [0.25, 0.3) is 0 Å². The summed E-state index contributed by atoms with van der Waals surface area (Å²) in [5.41, 5.74) is 6.57. The van der Waals surface area contributed by atoms with Gasteiger partial charge in [0.2, 0.25) is 5.88 Å². The number of methoxy groups -OCH3 is 1. The van der Waals surface area contributed by atoms with Crippen LogP contribution in [0.3, 0.4) is 0 Å². The molecule has 6 heteroatoms. The Morgan fingerprint density at radius 3 is 2.70 bits per heavy atom. The smallest absolute Gasteiger partial charge is 0.242 e. The van der Waals surface area contributed by atoms with Crippen molar-refractivity contribution in [3.63, 3.8) is 0 Å². The summed E-state index contributed by atoms with van der Waals surface area (Å²) in [4.78, 5) is 8.98. The zero-order chi connectivity index (χ0) is 14.5. The Morgan fingerprint density at radius 2 is 2.10 bits per heavy atom. The molecule has 112 valence electrons. The summed E-state index contributed by atoms with van der Waals surface area (Å²) in [7, 11) is 1.66. The maximum Gasteiger partial charge on any atom is 0.242 e. The Bertz CT molecular complexity index is 447. The number of hydrogen-bond donors (Lipinski definition) is 2. The van der Waals surface area contributed by atoms with Crippen molar-refractivity contribution in [2.75, 3.05) is 37.9 Å². The van der Waals surface area contributed by atoms with E-state index in [-0.39, 0.29) is 0 Å². The molecule has 1 saturated carbocycles. The van der Waals surface area contributed by atoms with E-state index < -0.39 is 0 Å². The summed E-state index contributed by atoms with van der Waals surface area (Å²) in [5.74, 6) is 2.87. The third kappa shape index (κ3) is 3.96. The van der Waals surface area contributed by atoms with Gasteiger partial charge in [-0.15, -0.1) is 0 Å². The second-order valence-electron chi connectivity index (χ2n) is 5.55. The third-order valence-electron chi connectivity index (χ3n) is 3.02. The first-order valence-electron chi connectivity index (χ1n) is 7.14. The summed E-state index contributed by atoms with van der Waals surface area (Å²) < 4.78 is 10.7. The summed E-state index contributed by atoms with van der Waals surface area (Å²) in [6.45, 7) is 6.05. The van der Waals surface area contributed by atoms with Gasteiger partial charge in [-0.05, 0) is 18.8 Å². The van der Waals surface area contributed by atoms with Crippen LogP contribution in [0.2, 0.25) is 0 Å². The highest BCUT2D eigenvalue weighted by Gasteiger charge is 2.28. The molecule has 1 fully saturated rings. The molecular formula is C14H24N4O2. The quantitative estimate of drug-likeness (QED) is 0.709. The minimum atomic E-state index is 0.429. The lowest BCUT2D eigenvalue weighted by Crippen LogP contribution is -2.15. The normalized spacial score (nSPS) is 14.6. The fourth-order valence-corrected chi connectivity index (χ4v) is 1.75. The highest BCUT2D eigenvalue weighted by atomic mass is 16.5. The molecule has 1 aliphatic rings. The van der Waals surface area contributed by atoms with Crippen LogP contribution in [0.1, 0.15) is 38.4 Å². The highest BCUT2D eigenvalue weighted by Crippen LogP contribution is 2.40. The van der Waals surface area contributed by atoms with Crippen molar-refractivity contribution in [2.24, 2.45) is 5.92 Å². The number of hydrogen-bond acceptors (Lipinski definition) is 6. The van der Waals surface area contributed by atoms with E-state index in [0.717, 1.165) is 18.7 Å². The van der Waals surface area contributed by atoms with Gasteiger partial charge < -0.3 is 20.5 Å². The number of nitrogens with one attached hydrogen (secondary N) is 1. The number of nitrogens with zero attached hydrogens (tertiary/aromatic N) is 2. The maximum atomic E-state index is 6.09. The van der Waals surface area contributed by atoms with Crippen molar-refractivity contribution in [3.05, 3.63) is 5.82 Å². The van der Waals surface area contributed by atoms with Gasteiger partial charge in [-0.3, -0.25) is 0 Å². The Kier molecular flexibility index (Phi) is 5.00. The molecule has 1 aromatic heterocycles. The fraction of sp³-hybridized carbons (Fsp3) is 0.714. The first-order valence-corrected chi connectivity index (χ1v) is 7.14. The molecule has 2 rings (SSSR count). The third-order valence-corrected chi connectivity index (χ3v) is 3.02. The van der Waals surface area contributed by atoms with E-state index in [1.165, 1.54) is 0 Å². The standard InChI is InChI=1S/C14H24N4O2/c1-9(2)8-20-14-11(15)13(16-6-7-19-3)17-12(18-14)10-4-5-10/h9-10H,4-8,15H2,1-3H3,(H,16,17,18). The van der Waals surface area contributed by atoms with E-state index in [2.05, 4.69) is 29.1 Å². The lowest BCUT2D eigenvalue weighted by Gasteiger charge is -2.15. The molecule has 0 atom stereocenters. The predicted molar refractivity (Wildman–Crippen MR) is 79.1 cm³/mol.